The van der Waals surface area contributed by atoms with E-state index in [1.54, 1.807) is 6.92 Å². The van der Waals surface area contributed by atoms with Gasteiger partial charge in [-0.25, -0.2) is 13.5 Å². The second kappa shape index (κ2) is 5.72. The fraction of sp³-hybridized carbons (Fsp3) is 0.333. The van der Waals surface area contributed by atoms with Crippen LogP contribution in [0.1, 0.15) is 13.3 Å². The third kappa shape index (κ3) is 2.79. The van der Waals surface area contributed by atoms with Crippen molar-refractivity contribution in [3.8, 4) is 11.4 Å². The minimum absolute atomic E-state index is 0.0574. The van der Waals surface area contributed by atoms with Gasteiger partial charge in [0.25, 0.3) is 0 Å². The summed E-state index contributed by atoms with van der Waals surface area (Å²) in [6, 6.07) is 3.72. The first kappa shape index (κ1) is 14.0. The molecule has 106 valence electrons. The van der Waals surface area contributed by atoms with Crippen molar-refractivity contribution in [2.75, 3.05) is 0 Å². The molecular formula is C12H12F2N4O2. The normalized spacial score (nSPS) is 12.3. The minimum Gasteiger partial charge on any atom is -0.481 e. The van der Waals surface area contributed by atoms with Crippen molar-refractivity contribution < 1.29 is 18.7 Å². The molecule has 1 unspecified atom stereocenters. The Balaban J connectivity index is 2.25. The Morgan fingerprint density at radius 3 is 2.90 bits per heavy atom. The summed E-state index contributed by atoms with van der Waals surface area (Å²) in [7, 11) is 0. The molecule has 2 rings (SSSR count). The predicted molar refractivity (Wildman–Crippen MR) is 64.6 cm³/mol. The molecule has 0 aliphatic heterocycles. The van der Waals surface area contributed by atoms with E-state index in [9.17, 15) is 13.6 Å². The zero-order chi connectivity index (χ0) is 14.7. The van der Waals surface area contributed by atoms with Crippen molar-refractivity contribution in [2.45, 2.75) is 19.9 Å². The molecule has 0 saturated heterocycles. The van der Waals surface area contributed by atoms with E-state index in [0.717, 1.165) is 6.07 Å². The molecule has 0 bridgehead atoms. The molecular weight excluding hydrogens is 270 g/mol. The molecule has 0 amide bonds. The van der Waals surface area contributed by atoms with Gasteiger partial charge in [-0.05, 0) is 29.0 Å². The average molecular weight is 282 g/mol. The van der Waals surface area contributed by atoms with Gasteiger partial charge in [-0.3, -0.25) is 4.79 Å². The maximum atomic E-state index is 13.7. The van der Waals surface area contributed by atoms with Crippen LogP contribution in [0.5, 0.6) is 0 Å². The van der Waals surface area contributed by atoms with E-state index in [-0.39, 0.29) is 24.4 Å². The first-order valence-corrected chi connectivity index (χ1v) is 5.94. The molecule has 6 nitrogen and oxygen atoms in total. The number of carbonyl (C=O) groups is 1. The molecule has 0 aliphatic carbocycles. The minimum atomic E-state index is -1.03. The van der Waals surface area contributed by atoms with Gasteiger partial charge in [-0.1, -0.05) is 13.0 Å². The maximum Gasteiger partial charge on any atom is 0.306 e. The third-order valence-electron chi connectivity index (χ3n) is 2.92. The van der Waals surface area contributed by atoms with Gasteiger partial charge in [-0.15, -0.1) is 5.10 Å². The summed E-state index contributed by atoms with van der Waals surface area (Å²) in [6.07, 6.45) is 0.282. The Kier molecular flexibility index (Phi) is 4.02. The molecule has 1 aromatic heterocycles. The van der Waals surface area contributed by atoms with Crippen LogP contribution in [0.25, 0.3) is 11.4 Å². The van der Waals surface area contributed by atoms with E-state index in [4.69, 9.17) is 5.11 Å². The second-order valence-corrected chi connectivity index (χ2v) is 4.35. The van der Waals surface area contributed by atoms with Gasteiger partial charge < -0.3 is 5.11 Å². The third-order valence-corrected chi connectivity index (χ3v) is 2.92. The van der Waals surface area contributed by atoms with Crippen molar-refractivity contribution in [3.63, 3.8) is 0 Å². The Hall–Kier alpha value is -2.38. The van der Waals surface area contributed by atoms with E-state index >= 15 is 0 Å². The van der Waals surface area contributed by atoms with Gasteiger partial charge in [0.1, 0.15) is 0 Å². The van der Waals surface area contributed by atoms with Gasteiger partial charge in [-0.2, -0.15) is 0 Å². The molecule has 0 fully saturated rings. The summed E-state index contributed by atoms with van der Waals surface area (Å²) in [4.78, 5) is 10.7. The summed E-state index contributed by atoms with van der Waals surface area (Å²) in [6.45, 7) is 1.75. The number of halogens is 2. The number of hydrogen-bond donors (Lipinski definition) is 1. The maximum absolute atomic E-state index is 13.7. The van der Waals surface area contributed by atoms with Crippen molar-refractivity contribution >= 4 is 5.97 Å². The zero-order valence-electron chi connectivity index (χ0n) is 10.6. The number of rotatable bonds is 5. The lowest BCUT2D eigenvalue weighted by Crippen LogP contribution is -2.14. The summed E-state index contributed by atoms with van der Waals surface area (Å²) < 4.78 is 28.1. The van der Waals surface area contributed by atoms with Crippen LogP contribution in [0, 0.1) is 17.6 Å². The van der Waals surface area contributed by atoms with Crippen molar-refractivity contribution in [2.24, 2.45) is 5.92 Å². The number of carboxylic acid groups (broad SMARTS) is 1. The fourth-order valence-corrected chi connectivity index (χ4v) is 1.66. The molecule has 0 radical (unpaired) electrons. The quantitative estimate of drug-likeness (QED) is 0.903. The Labute approximate surface area is 113 Å². The molecule has 1 N–H and O–H groups in total. The van der Waals surface area contributed by atoms with E-state index < -0.39 is 23.5 Å². The highest BCUT2D eigenvalue weighted by atomic mass is 19.2. The van der Waals surface area contributed by atoms with Gasteiger partial charge in [0, 0.05) is 6.54 Å². The van der Waals surface area contributed by atoms with E-state index in [1.807, 2.05) is 0 Å². The van der Waals surface area contributed by atoms with Gasteiger partial charge >= 0.3 is 5.97 Å². The lowest BCUT2D eigenvalue weighted by Gasteiger charge is -2.08. The van der Waals surface area contributed by atoms with Crippen LogP contribution in [0.2, 0.25) is 0 Å². The fourth-order valence-electron chi connectivity index (χ4n) is 1.66. The van der Waals surface area contributed by atoms with Crippen molar-refractivity contribution in [3.05, 3.63) is 29.8 Å². The molecule has 2 aromatic rings. The molecule has 1 aromatic carbocycles. The number of carboxylic acids is 1. The first-order valence-electron chi connectivity index (χ1n) is 5.94. The number of benzene rings is 1. The lowest BCUT2D eigenvalue weighted by atomic mass is 10.1. The van der Waals surface area contributed by atoms with Crippen LogP contribution in [0.4, 0.5) is 8.78 Å². The highest BCUT2D eigenvalue weighted by molar-refractivity contribution is 5.69. The molecule has 0 saturated carbocycles. The van der Waals surface area contributed by atoms with Gasteiger partial charge in [0.15, 0.2) is 17.5 Å². The molecule has 8 heteroatoms. The van der Waals surface area contributed by atoms with E-state index in [0.29, 0.717) is 0 Å². The van der Waals surface area contributed by atoms with E-state index in [2.05, 4.69) is 15.5 Å². The predicted octanol–water partition coefficient (Wildman–Crippen LogP) is 1.73. The van der Waals surface area contributed by atoms with E-state index in [1.165, 1.54) is 16.8 Å². The topological polar surface area (TPSA) is 80.9 Å². The number of aromatic nitrogens is 4. The van der Waals surface area contributed by atoms with Crippen LogP contribution >= 0.6 is 0 Å². The van der Waals surface area contributed by atoms with Gasteiger partial charge in [0.05, 0.1) is 11.5 Å². The largest absolute Gasteiger partial charge is 0.481 e. The highest BCUT2D eigenvalue weighted by Gasteiger charge is 2.18. The monoisotopic (exact) mass is 282 g/mol. The number of aliphatic carboxylic acids is 1. The Bertz CT molecular complexity index is 630. The highest BCUT2D eigenvalue weighted by Crippen LogP contribution is 2.22. The van der Waals surface area contributed by atoms with Crippen LogP contribution < -0.4 is 0 Å². The Morgan fingerprint density at radius 2 is 2.20 bits per heavy atom. The van der Waals surface area contributed by atoms with Crippen LogP contribution in [0.15, 0.2) is 18.2 Å². The molecule has 1 atom stereocenters. The summed E-state index contributed by atoms with van der Waals surface area (Å²) >= 11 is 0. The first-order chi connectivity index (χ1) is 9.50. The Morgan fingerprint density at radius 1 is 1.45 bits per heavy atom. The van der Waals surface area contributed by atoms with Crippen LogP contribution in [-0.4, -0.2) is 31.3 Å². The molecule has 0 spiro atoms. The SMILES string of the molecule is CC(CCn1nnnc1-c1cccc(F)c1F)C(=O)O. The second-order valence-electron chi connectivity index (χ2n) is 4.35. The van der Waals surface area contributed by atoms with Crippen molar-refractivity contribution in [1.29, 1.82) is 0 Å². The summed E-state index contributed by atoms with van der Waals surface area (Å²) in [5, 5.41) is 19.6. The smallest absolute Gasteiger partial charge is 0.306 e. The number of aryl methyl sites for hydroxylation is 1. The number of hydrogen-bond acceptors (Lipinski definition) is 4. The molecule has 0 aliphatic rings. The lowest BCUT2D eigenvalue weighted by molar-refractivity contribution is -0.141. The van der Waals surface area contributed by atoms with Crippen molar-refractivity contribution in [1.82, 2.24) is 20.2 Å². The van der Waals surface area contributed by atoms with Crippen LogP contribution in [-0.2, 0) is 11.3 Å². The summed E-state index contributed by atoms with van der Waals surface area (Å²) in [5.41, 5.74) is -0.0574. The van der Waals surface area contributed by atoms with Crippen LogP contribution in [0.3, 0.4) is 0 Å². The molecule has 1 heterocycles. The average Bonchev–Trinajstić information content (AvgIpc) is 2.87. The zero-order valence-corrected chi connectivity index (χ0v) is 10.6. The van der Waals surface area contributed by atoms with Gasteiger partial charge in [0.2, 0.25) is 0 Å². The summed E-state index contributed by atoms with van der Waals surface area (Å²) in [5.74, 6) is -3.47. The molecule has 20 heavy (non-hydrogen) atoms. The number of tetrazole rings is 1. The number of nitrogens with zero attached hydrogens (tertiary/aromatic N) is 4. The standard InChI is InChI=1S/C12H12F2N4O2/c1-7(12(19)20)5-6-18-11(15-16-17-18)8-3-2-4-9(13)10(8)14/h2-4,7H,5-6H2,1H3,(H,19,20).